The lowest BCUT2D eigenvalue weighted by Crippen LogP contribution is -1.76. The van der Waals surface area contributed by atoms with Gasteiger partial charge in [-0.05, 0) is 18.2 Å². The van der Waals surface area contributed by atoms with E-state index < -0.39 is 0 Å². The van der Waals surface area contributed by atoms with E-state index in [2.05, 4.69) is 11.1 Å². The van der Waals surface area contributed by atoms with Gasteiger partial charge >= 0.3 is 0 Å². The third kappa shape index (κ3) is 1.15. The molecule has 53 valence electrons. The van der Waals surface area contributed by atoms with Crippen LogP contribution in [0, 0.1) is 6.07 Å². The zero-order valence-electron chi connectivity index (χ0n) is 5.82. The monoisotopic (exact) mass is 144 g/mol. The highest BCUT2D eigenvalue weighted by Gasteiger charge is 1.98. The molecule has 0 saturated heterocycles. The van der Waals surface area contributed by atoms with Crippen molar-refractivity contribution in [1.82, 2.24) is 4.98 Å². The first-order chi connectivity index (χ1) is 5.47. The molecule has 0 atom stereocenters. The van der Waals surface area contributed by atoms with Gasteiger partial charge in [0.25, 0.3) is 0 Å². The molecular weight excluding hydrogens is 138 g/mol. The van der Waals surface area contributed by atoms with Gasteiger partial charge in [0.15, 0.2) is 5.76 Å². The molecule has 0 aliphatic rings. The number of nitrogens with zero attached hydrogens (tertiary/aromatic N) is 1. The molecule has 2 heteroatoms. The molecule has 2 nitrogen and oxygen atoms in total. The van der Waals surface area contributed by atoms with Crippen molar-refractivity contribution < 1.29 is 4.42 Å². The topological polar surface area (TPSA) is 26.0 Å². The number of furan rings is 1. The van der Waals surface area contributed by atoms with Crippen molar-refractivity contribution in [2.24, 2.45) is 0 Å². The van der Waals surface area contributed by atoms with Crippen molar-refractivity contribution in [2.45, 2.75) is 0 Å². The summed E-state index contributed by atoms with van der Waals surface area (Å²) < 4.78 is 5.10. The van der Waals surface area contributed by atoms with Gasteiger partial charge in [0, 0.05) is 12.3 Å². The van der Waals surface area contributed by atoms with E-state index in [0.29, 0.717) is 5.76 Å². The maximum absolute atomic E-state index is 5.10. The molecule has 0 spiro atoms. The van der Waals surface area contributed by atoms with Crippen LogP contribution in [-0.4, -0.2) is 4.98 Å². The predicted octanol–water partition coefficient (Wildman–Crippen LogP) is 2.14. The third-order valence-corrected chi connectivity index (χ3v) is 1.37. The van der Waals surface area contributed by atoms with Crippen molar-refractivity contribution in [3.63, 3.8) is 0 Å². The van der Waals surface area contributed by atoms with Crippen LogP contribution >= 0.6 is 0 Å². The van der Waals surface area contributed by atoms with Crippen molar-refractivity contribution in [3.8, 4) is 11.5 Å². The molecule has 11 heavy (non-hydrogen) atoms. The number of rotatable bonds is 1. The maximum atomic E-state index is 5.10. The van der Waals surface area contributed by atoms with Gasteiger partial charge < -0.3 is 4.42 Å². The minimum Gasteiger partial charge on any atom is -0.462 e. The van der Waals surface area contributed by atoms with E-state index in [1.54, 1.807) is 18.5 Å². The van der Waals surface area contributed by atoms with Crippen LogP contribution in [0.25, 0.3) is 11.5 Å². The van der Waals surface area contributed by atoms with Gasteiger partial charge in [-0.15, -0.1) is 0 Å². The molecule has 2 aromatic heterocycles. The molecule has 2 heterocycles. The first-order valence-corrected chi connectivity index (χ1v) is 3.33. The van der Waals surface area contributed by atoms with E-state index in [9.17, 15) is 0 Å². The second kappa shape index (κ2) is 2.58. The smallest absolute Gasteiger partial charge is 0.160 e. The van der Waals surface area contributed by atoms with Gasteiger partial charge in [0.1, 0.15) is 5.69 Å². The molecule has 2 aromatic rings. The van der Waals surface area contributed by atoms with E-state index in [-0.39, 0.29) is 0 Å². The summed E-state index contributed by atoms with van der Waals surface area (Å²) in [6.45, 7) is 0. The fourth-order valence-corrected chi connectivity index (χ4v) is 0.877. The van der Waals surface area contributed by atoms with Crippen molar-refractivity contribution in [3.05, 3.63) is 42.8 Å². The largest absolute Gasteiger partial charge is 0.462 e. The Morgan fingerprint density at radius 2 is 2.36 bits per heavy atom. The molecule has 0 aliphatic carbocycles. The second-order valence-electron chi connectivity index (χ2n) is 2.11. The molecule has 0 N–H and O–H groups in total. The first kappa shape index (κ1) is 6.16. The van der Waals surface area contributed by atoms with Crippen LogP contribution in [0.4, 0.5) is 0 Å². The van der Waals surface area contributed by atoms with Gasteiger partial charge in [-0.25, -0.2) is 0 Å². The van der Waals surface area contributed by atoms with Crippen molar-refractivity contribution in [2.75, 3.05) is 0 Å². The van der Waals surface area contributed by atoms with Crippen molar-refractivity contribution >= 4 is 0 Å². The highest BCUT2D eigenvalue weighted by molar-refractivity contribution is 5.49. The average molecular weight is 144 g/mol. The van der Waals surface area contributed by atoms with E-state index in [0.717, 1.165) is 5.69 Å². The minimum absolute atomic E-state index is 0.686. The SMILES string of the molecule is [c]1ccoc1-c1ccccn1. The minimum atomic E-state index is 0.686. The van der Waals surface area contributed by atoms with Gasteiger partial charge in [-0.3, -0.25) is 4.98 Å². The molecule has 0 unspecified atom stereocenters. The molecule has 0 aliphatic heterocycles. The van der Waals surface area contributed by atoms with Crippen LogP contribution in [0.15, 0.2) is 41.1 Å². The summed E-state index contributed by atoms with van der Waals surface area (Å²) in [5.41, 5.74) is 0.817. The number of hydrogen-bond acceptors (Lipinski definition) is 2. The van der Waals surface area contributed by atoms with Gasteiger partial charge in [0.2, 0.25) is 0 Å². The Morgan fingerprint density at radius 1 is 1.36 bits per heavy atom. The first-order valence-electron chi connectivity index (χ1n) is 3.33. The van der Waals surface area contributed by atoms with E-state index in [1.807, 2.05) is 18.2 Å². The molecule has 0 amide bonds. The standard InChI is InChI=1S/C9H6NO/c1-2-6-10-8(4-1)9-5-3-7-11-9/h1-4,6-7H. The summed E-state index contributed by atoms with van der Waals surface area (Å²) in [4.78, 5) is 4.10. The van der Waals surface area contributed by atoms with Crippen LogP contribution in [0.3, 0.4) is 0 Å². The normalized spacial score (nSPS) is 9.82. The fourth-order valence-electron chi connectivity index (χ4n) is 0.877. The van der Waals surface area contributed by atoms with Gasteiger partial charge in [-0.2, -0.15) is 0 Å². The third-order valence-electron chi connectivity index (χ3n) is 1.37. The Hall–Kier alpha value is -1.57. The lowest BCUT2D eigenvalue weighted by Gasteiger charge is -1.91. The van der Waals surface area contributed by atoms with Gasteiger partial charge in [-0.1, -0.05) is 6.07 Å². The average Bonchev–Trinajstić information content (AvgIpc) is 2.58. The van der Waals surface area contributed by atoms with Crippen LogP contribution in [0.5, 0.6) is 0 Å². The molecule has 0 bridgehead atoms. The van der Waals surface area contributed by atoms with E-state index >= 15 is 0 Å². The molecule has 2 rings (SSSR count). The molecule has 0 aromatic carbocycles. The Kier molecular flexibility index (Phi) is 1.44. The summed E-state index contributed by atoms with van der Waals surface area (Å²) in [7, 11) is 0. The van der Waals surface area contributed by atoms with Crippen LogP contribution < -0.4 is 0 Å². The van der Waals surface area contributed by atoms with Gasteiger partial charge in [0.05, 0.1) is 6.26 Å². The second-order valence-corrected chi connectivity index (χ2v) is 2.11. The number of pyridine rings is 1. The lowest BCUT2D eigenvalue weighted by atomic mass is 10.3. The van der Waals surface area contributed by atoms with E-state index in [4.69, 9.17) is 4.42 Å². The van der Waals surface area contributed by atoms with Crippen LogP contribution in [0.1, 0.15) is 0 Å². The van der Waals surface area contributed by atoms with Crippen LogP contribution in [-0.2, 0) is 0 Å². The summed E-state index contributed by atoms with van der Waals surface area (Å²) in [5.74, 6) is 0.686. The number of hydrogen-bond donors (Lipinski definition) is 0. The zero-order chi connectivity index (χ0) is 7.52. The van der Waals surface area contributed by atoms with E-state index in [1.165, 1.54) is 0 Å². The highest BCUT2D eigenvalue weighted by Crippen LogP contribution is 2.14. The lowest BCUT2D eigenvalue weighted by molar-refractivity contribution is 0.579. The summed E-state index contributed by atoms with van der Waals surface area (Å²) in [6.07, 6.45) is 3.32. The summed E-state index contributed by atoms with van der Waals surface area (Å²) in [5, 5.41) is 0. The Bertz CT molecular complexity index is 313. The molecule has 1 radical (unpaired) electrons. The highest BCUT2D eigenvalue weighted by atomic mass is 16.3. The molecular formula is C9H6NO. The summed E-state index contributed by atoms with van der Waals surface area (Å²) in [6, 6.07) is 10.3. The maximum Gasteiger partial charge on any atom is 0.160 e. The van der Waals surface area contributed by atoms with Crippen LogP contribution in [0.2, 0.25) is 0 Å². The molecule has 0 fully saturated rings. The zero-order valence-corrected chi connectivity index (χ0v) is 5.82. The molecule has 0 saturated carbocycles. The predicted molar refractivity (Wildman–Crippen MR) is 40.8 cm³/mol. The quantitative estimate of drug-likeness (QED) is 0.612. The Balaban J connectivity index is 2.46. The fraction of sp³-hybridized carbons (Fsp3) is 0. The Labute approximate surface area is 64.5 Å². The summed E-state index contributed by atoms with van der Waals surface area (Å²) >= 11 is 0. The van der Waals surface area contributed by atoms with Crippen molar-refractivity contribution in [1.29, 1.82) is 0 Å². The number of aromatic nitrogens is 1. The Morgan fingerprint density at radius 3 is 3.00 bits per heavy atom.